The molecule has 1 N–H and O–H groups in total. The van der Waals surface area contributed by atoms with Crippen molar-refractivity contribution in [3.8, 4) is 0 Å². The third-order valence-corrected chi connectivity index (χ3v) is 3.55. The van der Waals surface area contributed by atoms with Crippen molar-refractivity contribution in [3.63, 3.8) is 0 Å². The van der Waals surface area contributed by atoms with Gasteiger partial charge in [-0.3, -0.25) is 14.1 Å². The van der Waals surface area contributed by atoms with Crippen molar-refractivity contribution in [1.29, 1.82) is 0 Å². The number of carbonyl (C=O) groups excluding carboxylic acids is 2. The maximum Gasteiger partial charge on any atom is 0.448 e. The molecular weight excluding hydrogens is 264 g/mol. The summed E-state index contributed by atoms with van der Waals surface area (Å²) in [5.74, 6) is -2.20. The molecule has 0 amide bonds. The minimum absolute atomic E-state index is 0.147. The zero-order valence-electron chi connectivity index (χ0n) is 10.2. The Hall–Kier alpha value is -1.15. The van der Waals surface area contributed by atoms with Crippen molar-refractivity contribution in [3.05, 3.63) is 0 Å². The number of ether oxygens (including phenoxy) is 1. The van der Waals surface area contributed by atoms with Gasteiger partial charge in [-0.05, 0) is 26.2 Å². The summed E-state index contributed by atoms with van der Waals surface area (Å²) in [6.45, 7) is 1.66. The summed E-state index contributed by atoms with van der Waals surface area (Å²) < 4.78 is 37.9. The third-order valence-electron chi connectivity index (χ3n) is 3.18. The van der Waals surface area contributed by atoms with E-state index in [1.165, 1.54) is 7.11 Å². The maximum absolute atomic E-state index is 11.6. The Labute approximate surface area is 105 Å². The Bertz CT molecular complexity index is 441. The minimum Gasteiger partial charge on any atom is -0.469 e. The first-order valence-corrected chi connectivity index (χ1v) is 6.83. The average molecular weight is 280 g/mol. The molecule has 18 heavy (non-hydrogen) atoms. The highest BCUT2D eigenvalue weighted by molar-refractivity contribution is 7.81. The summed E-state index contributed by atoms with van der Waals surface area (Å²) in [6.07, 6.45) is 1.71. The quantitative estimate of drug-likeness (QED) is 0.599. The molecule has 1 fully saturated rings. The first kappa shape index (κ1) is 14.9. The smallest absolute Gasteiger partial charge is 0.448 e. The van der Waals surface area contributed by atoms with E-state index in [-0.39, 0.29) is 6.42 Å². The second-order valence-electron chi connectivity index (χ2n) is 4.68. The van der Waals surface area contributed by atoms with E-state index in [1.54, 1.807) is 6.92 Å². The number of hydrogen-bond donors (Lipinski definition) is 1. The minimum atomic E-state index is -4.80. The van der Waals surface area contributed by atoms with Gasteiger partial charge in [0.2, 0.25) is 0 Å². The molecule has 8 heteroatoms. The molecule has 1 rings (SSSR count). The van der Waals surface area contributed by atoms with E-state index in [4.69, 9.17) is 4.55 Å². The van der Waals surface area contributed by atoms with Gasteiger partial charge >= 0.3 is 22.3 Å². The number of methoxy groups -OCH3 is 1. The Morgan fingerprint density at radius 2 is 2.00 bits per heavy atom. The summed E-state index contributed by atoms with van der Waals surface area (Å²) in [5, 5.41) is 0. The predicted molar refractivity (Wildman–Crippen MR) is 59.7 cm³/mol. The molecule has 0 saturated heterocycles. The molecule has 0 bridgehead atoms. The summed E-state index contributed by atoms with van der Waals surface area (Å²) in [7, 11) is -3.54. The van der Waals surface area contributed by atoms with Crippen molar-refractivity contribution in [2.45, 2.75) is 32.6 Å². The lowest BCUT2D eigenvalue weighted by Crippen LogP contribution is -2.38. The highest BCUT2D eigenvalue weighted by atomic mass is 32.3. The Morgan fingerprint density at radius 1 is 1.39 bits per heavy atom. The second kappa shape index (κ2) is 5.23. The first-order chi connectivity index (χ1) is 8.18. The number of carbonyl (C=O) groups is 2. The van der Waals surface area contributed by atoms with Gasteiger partial charge in [0.25, 0.3) is 0 Å². The molecule has 0 aromatic rings. The summed E-state index contributed by atoms with van der Waals surface area (Å²) in [6, 6.07) is 0. The van der Waals surface area contributed by atoms with Crippen molar-refractivity contribution in [2.75, 3.05) is 7.11 Å². The van der Waals surface area contributed by atoms with Gasteiger partial charge in [0.1, 0.15) is 0 Å². The van der Waals surface area contributed by atoms with E-state index in [1.807, 2.05) is 0 Å². The number of hydrogen-bond acceptors (Lipinski definition) is 6. The normalized spacial score (nSPS) is 28.5. The van der Waals surface area contributed by atoms with Crippen molar-refractivity contribution >= 4 is 22.3 Å². The number of rotatable bonds is 3. The molecule has 1 aliphatic carbocycles. The molecule has 0 aliphatic heterocycles. The zero-order chi connectivity index (χ0) is 14.0. The van der Waals surface area contributed by atoms with E-state index in [9.17, 15) is 18.0 Å². The van der Waals surface area contributed by atoms with Gasteiger partial charge in [0.15, 0.2) is 0 Å². The van der Waals surface area contributed by atoms with Gasteiger partial charge in [0.05, 0.1) is 18.4 Å². The largest absolute Gasteiger partial charge is 0.469 e. The molecule has 1 saturated carbocycles. The SMILES string of the molecule is COC(=O)C1(C)CCCC(C(=O)OS(=O)(=O)O)C1. The molecule has 0 radical (unpaired) electrons. The molecule has 0 spiro atoms. The number of esters is 1. The monoisotopic (exact) mass is 280 g/mol. The van der Waals surface area contributed by atoms with Gasteiger partial charge in [-0.25, -0.2) is 0 Å². The fourth-order valence-corrected chi connectivity index (χ4v) is 2.64. The Kier molecular flexibility index (Phi) is 4.33. The van der Waals surface area contributed by atoms with Crippen molar-refractivity contribution in [1.82, 2.24) is 0 Å². The lowest BCUT2D eigenvalue weighted by Gasteiger charge is -2.34. The molecular formula is C10H16O7S. The highest BCUT2D eigenvalue weighted by Crippen LogP contribution is 2.40. The van der Waals surface area contributed by atoms with Crippen LogP contribution in [0.15, 0.2) is 0 Å². The van der Waals surface area contributed by atoms with E-state index < -0.39 is 33.7 Å². The fourth-order valence-electron chi connectivity index (χ4n) is 2.29. The Morgan fingerprint density at radius 3 is 2.50 bits per heavy atom. The zero-order valence-corrected chi connectivity index (χ0v) is 11.0. The van der Waals surface area contributed by atoms with E-state index in [2.05, 4.69) is 8.92 Å². The second-order valence-corrected chi connectivity index (χ2v) is 5.70. The van der Waals surface area contributed by atoms with E-state index in [0.717, 1.165) is 0 Å². The van der Waals surface area contributed by atoms with Crippen LogP contribution in [-0.4, -0.2) is 32.0 Å². The average Bonchev–Trinajstić information content (AvgIpc) is 2.25. The van der Waals surface area contributed by atoms with Crippen LogP contribution in [0.25, 0.3) is 0 Å². The molecule has 2 atom stereocenters. The van der Waals surface area contributed by atoms with Crippen LogP contribution >= 0.6 is 0 Å². The summed E-state index contributed by atoms with van der Waals surface area (Å²) in [4.78, 5) is 23.1. The molecule has 7 nitrogen and oxygen atoms in total. The predicted octanol–water partition coefficient (Wildman–Crippen LogP) is 0.702. The molecule has 0 heterocycles. The highest BCUT2D eigenvalue weighted by Gasteiger charge is 2.43. The summed E-state index contributed by atoms with van der Waals surface area (Å²) >= 11 is 0. The molecule has 0 aromatic carbocycles. The molecule has 104 valence electrons. The molecule has 0 aromatic heterocycles. The Balaban J connectivity index is 2.75. The molecule has 2 unspecified atom stereocenters. The van der Waals surface area contributed by atoms with Crippen molar-refractivity contribution in [2.24, 2.45) is 11.3 Å². The third kappa shape index (κ3) is 3.67. The van der Waals surface area contributed by atoms with Crippen LogP contribution in [0.3, 0.4) is 0 Å². The van der Waals surface area contributed by atoms with Gasteiger partial charge in [-0.15, -0.1) is 0 Å². The van der Waals surface area contributed by atoms with Gasteiger partial charge in [0, 0.05) is 0 Å². The molecule has 1 aliphatic rings. The van der Waals surface area contributed by atoms with Gasteiger partial charge in [-0.1, -0.05) is 6.42 Å². The van der Waals surface area contributed by atoms with Crippen LogP contribution in [0.1, 0.15) is 32.6 Å². The lowest BCUT2D eigenvalue weighted by atomic mass is 9.71. The van der Waals surface area contributed by atoms with Crippen LogP contribution in [0, 0.1) is 11.3 Å². The fraction of sp³-hybridized carbons (Fsp3) is 0.800. The summed E-state index contributed by atoms with van der Waals surface area (Å²) in [5.41, 5.74) is -0.824. The maximum atomic E-state index is 11.6. The van der Waals surface area contributed by atoms with Gasteiger partial charge < -0.3 is 8.92 Å². The van der Waals surface area contributed by atoms with Crippen LogP contribution in [0.5, 0.6) is 0 Å². The van der Waals surface area contributed by atoms with Gasteiger partial charge in [-0.2, -0.15) is 8.42 Å². The van der Waals surface area contributed by atoms with E-state index >= 15 is 0 Å². The van der Waals surface area contributed by atoms with E-state index in [0.29, 0.717) is 19.3 Å². The van der Waals surface area contributed by atoms with Crippen LogP contribution in [0.2, 0.25) is 0 Å². The van der Waals surface area contributed by atoms with Crippen LogP contribution in [0.4, 0.5) is 0 Å². The van der Waals surface area contributed by atoms with Crippen LogP contribution in [-0.2, 0) is 28.9 Å². The standard InChI is InChI=1S/C10H16O7S/c1-10(9(12)16-2)5-3-4-7(6-10)8(11)17-18(13,14)15/h7H,3-6H2,1-2H3,(H,13,14,15). The van der Waals surface area contributed by atoms with Crippen molar-refractivity contribution < 1.29 is 31.5 Å². The lowest BCUT2D eigenvalue weighted by molar-refractivity contribution is -0.156. The first-order valence-electron chi connectivity index (χ1n) is 5.47. The topological polar surface area (TPSA) is 107 Å². The van der Waals surface area contributed by atoms with Crippen LogP contribution < -0.4 is 0 Å².